The number of hydrogen-bond acceptors (Lipinski definition) is 8. The maximum absolute atomic E-state index is 13.7. The number of ether oxygens (including phenoxy) is 3. The zero-order valence-corrected chi connectivity index (χ0v) is 21.9. The van der Waals surface area contributed by atoms with Crippen LogP contribution in [0.1, 0.15) is 28.6 Å². The van der Waals surface area contributed by atoms with E-state index in [4.69, 9.17) is 14.2 Å². The second-order valence-corrected chi connectivity index (χ2v) is 9.37. The maximum Gasteiger partial charge on any atom is 0.254 e. The van der Waals surface area contributed by atoms with Gasteiger partial charge in [0.1, 0.15) is 11.8 Å². The van der Waals surface area contributed by atoms with Crippen LogP contribution in [0.3, 0.4) is 0 Å². The molecule has 3 aromatic carbocycles. The van der Waals surface area contributed by atoms with E-state index in [0.717, 1.165) is 35.4 Å². The Morgan fingerprint density at radius 1 is 0.949 bits per heavy atom. The molecule has 1 atom stereocenters. The summed E-state index contributed by atoms with van der Waals surface area (Å²) in [6, 6.07) is 21.0. The number of tetrazole rings is 1. The summed E-state index contributed by atoms with van der Waals surface area (Å²) in [7, 11) is 4.80. The van der Waals surface area contributed by atoms with Gasteiger partial charge in [-0.15, -0.1) is 5.10 Å². The molecule has 0 fully saturated rings. The summed E-state index contributed by atoms with van der Waals surface area (Å²) in [5.74, 6) is 2.47. The molecule has 1 aliphatic heterocycles. The summed E-state index contributed by atoms with van der Waals surface area (Å²) < 4.78 is 18.0. The number of nitrogens with zero attached hydrogens (tertiary/aromatic N) is 5. The Hall–Kier alpha value is -4.86. The number of nitrogens with one attached hydrogen (secondary N) is 1. The van der Waals surface area contributed by atoms with Crippen LogP contribution in [-0.4, -0.2) is 53.1 Å². The fourth-order valence-electron chi connectivity index (χ4n) is 5.26. The van der Waals surface area contributed by atoms with Crippen molar-refractivity contribution in [3.05, 3.63) is 99.6 Å². The second-order valence-electron chi connectivity index (χ2n) is 9.37. The highest BCUT2D eigenvalue weighted by molar-refractivity contribution is 5.83. The number of hydrogen-bond donors (Lipinski definition) is 1. The van der Waals surface area contributed by atoms with E-state index in [1.165, 1.54) is 5.56 Å². The molecule has 198 valence electrons. The van der Waals surface area contributed by atoms with E-state index in [2.05, 4.69) is 37.5 Å². The lowest BCUT2D eigenvalue weighted by Crippen LogP contribution is -2.34. The predicted molar refractivity (Wildman–Crippen MR) is 147 cm³/mol. The number of methoxy groups -OCH3 is 3. The molecule has 1 N–H and O–H groups in total. The van der Waals surface area contributed by atoms with E-state index in [1.54, 1.807) is 32.1 Å². The molecule has 1 aliphatic rings. The summed E-state index contributed by atoms with van der Waals surface area (Å²) in [4.78, 5) is 18.9. The van der Waals surface area contributed by atoms with Gasteiger partial charge in [-0.05, 0) is 58.3 Å². The van der Waals surface area contributed by atoms with Crippen LogP contribution in [0.2, 0.25) is 0 Å². The number of para-hydroxylation sites is 1. The van der Waals surface area contributed by atoms with E-state index < -0.39 is 6.04 Å². The van der Waals surface area contributed by atoms with Crippen molar-refractivity contribution in [1.29, 1.82) is 0 Å². The fourth-order valence-corrected chi connectivity index (χ4v) is 5.26. The van der Waals surface area contributed by atoms with Gasteiger partial charge >= 0.3 is 0 Å². The van der Waals surface area contributed by atoms with Gasteiger partial charge in [-0.3, -0.25) is 4.79 Å². The Labute approximate surface area is 224 Å². The van der Waals surface area contributed by atoms with Crippen LogP contribution in [-0.2, 0) is 13.0 Å². The molecule has 10 nitrogen and oxygen atoms in total. The van der Waals surface area contributed by atoms with E-state index in [-0.39, 0.29) is 5.56 Å². The van der Waals surface area contributed by atoms with Crippen molar-refractivity contribution in [3.8, 4) is 17.2 Å². The number of pyridine rings is 1. The van der Waals surface area contributed by atoms with E-state index in [0.29, 0.717) is 34.9 Å². The highest BCUT2D eigenvalue weighted by Gasteiger charge is 2.34. The smallest absolute Gasteiger partial charge is 0.254 e. The maximum atomic E-state index is 13.7. The van der Waals surface area contributed by atoms with Crippen LogP contribution in [0.5, 0.6) is 17.2 Å². The SMILES string of the molecule is COc1ccc(Cn2nnnc2[C@@H](c2cc3cc(OC)c(OC)cc3[nH]c2=O)N2CCc3ccccc32)cc1. The normalized spacial score (nSPS) is 13.4. The van der Waals surface area contributed by atoms with Crippen LogP contribution in [0.15, 0.2) is 71.5 Å². The molecule has 0 radical (unpaired) electrons. The molecule has 0 saturated carbocycles. The average Bonchev–Trinajstić information content (AvgIpc) is 3.61. The van der Waals surface area contributed by atoms with Gasteiger partial charge in [0.15, 0.2) is 17.3 Å². The first-order chi connectivity index (χ1) is 19.1. The van der Waals surface area contributed by atoms with Gasteiger partial charge in [-0.1, -0.05) is 30.3 Å². The molecular formula is C29H28N6O4. The monoisotopic (exact) mass is 524 g/mol. The van der Waals surface area contributed by atoms with Crippen molar-refractivity contribution in [3.63, 3.8) is 0 Å². The van der Waals surface area contributed by atoms with Crippen LogP contribution >= 0.6 is 0 Å². The van der Waals surface area contributed by atoms with E-state index in [9.17, 15) is 4.79 Å². The minimum atomic E-state index is -0.525. The minimum Gasteiger partial charge on any atom is -0.497 e. The topological polar surface area (TPSA) is 107 Å². The number of benzene rings is 3. The lowest BCUT2D eigenvalue weighted by atomic mass is 10.0. The van der Waals surface area contributed by atoms with Crippen LogP contribution in [0.4, 0.5) is 5.69 Å². The number of aromatic amines is 1. The van der Waals surface area contributed by atoms with Crippen LogP contribution in [0, 0.1) is 0 Å². The Kier molecular flexibility index (Phi) is 6.36. The molecule has 3 heterocycles. The first-order valence-electron chi connectivity index (χ1n) is 12.6. The first-order valence-corrected chi connectivity index (χ1v) is 12.6. The summed E-state index contributed by atoms with van der Waals surface area (Å²) in [5, 5.41) is 13.6. The molecule has 0 spiro atoms. The standard InChI is InChI=1S/C29H28N6O4/c1-37-21-10-8-18(9-11-21)17-35-28(31-32-33-35)27(34-13-12-19-6-4-5-7-24(19)34)22-14-20-15-25(38-2)26(39-3)16-23(20)30-29(22)36/h4-11,14-16,27H,12-13,17H2,1-3H3,(H,30,36)/t27-/m1/s1. The zero-order valence-electron chi connectivity index (χ0n) is 21.9. The Morgan fingerprint density at radius 3 is 2.49 bits per heavy atom. The molecule has 10 heteroatoms. The van der Waals surface area contributed by atoms with Crippen molar-refractivity contribution in [2.75, 3.05) is 32.8 Å². The van der Waals surface area contributed by atoms with Gasteiger partial charge in [-0.2, -0.15) is 0 Å². The van der Waals surface area contributed by atoms with Gasteiger partial charge < -0.3 is 24.1 Å². The third kappa shape index (κ3) is 4.43. The van der Waals surface area contributed by atoms with Gasteiger partial charge in [0, 0.05) is 29.2 Å². The molecule has 0 bridgehead atoms. The summed E-state index contributed by atoms with van der Waals surface area (Å²) in [6.45, 7) is 1.16. The van der Waals surface area contributed by atoms with Crippen molar-refractivity contribution in [2.24, 2.45) is 0 Å². The third-order valence-electron chi connectivity index (χ3n) is 7.20. The van der Waals surface area contributed by atoms with Crippen LogP contribution in [0.25, 0.3) is 10.9 Å². The van der Waals surface area contributed by atoms with Crippen molar-refractivity contribution in [2.45, 2.75) is 19.0 Å². The number of fused-ring (bicyclic) bond motifs is 2. The molecule has 0 aliphatic carbocycles. The molecule has 6 rings (SSSR count). The molecule has 5 aromatic rings. The number of aromatic nitrogens is 5. The Bertz CT molecular complexity index is 1690. The Balaban J connectivity index is 1.50. The molecule has 0 unspecified atom stereocenters. The van der Waals surface area contributed by atoms with Gasteiger partial charge in [0.2, 0.25) is 0 Å². The van der Waals surface area contributed by atoms with Crippen molar-refractivity contribution in [1.82, 2.24) is 25.2 Å². The number of anilines is 1. The van der Waals surface area contributed by atoms with Crippen molar-refractivity contribution < 1.29 is 14.2 Å². The number of rotatable bonds is 8. The summed E-state index contributed by atoms with van der Waals surface area (Å²) in [5.41, 5.74) is 4.27. The number of H-pyrrole nitrogens is 1. The highest BCUT2D eigenvalue weighted by atomic mass is 16.5. The molecular weight excluding hydrogens is 496 g/mol. The third-order valence-corrected chi connectivity index (χ3v) is 7.20. The van der Waals surface area contributed by atoms with Crippen molar-refractivity contribution >= 4 is 16.6 Å². The molecule has 39 heavy (non-hydrogen) atoms. The van der Waals surface area contributed by atoms with E-state index >= 15 is 0 Å². The molecule has 0 amide bonds. The lowest BCUT2D eigenvalue weighted by molar-refractivity contribution is 0.356. The van der Waals surface area contributed by atoms with Crippen LogP contribution < -0.4 is 24.7 Å². The van der Waals surface area contributed by atoms with Gasteiger partial charge in [-0.25, -0.2) is 4.68 Å². The van der Waals surface area contributed by atoms with E-state index in [1.807, 2.05) is 48.5 Å². The summed E-state index contributed by atoms with van der Waals surface area (Å²) >= 11 is 0. The first kappa shape index (κ1) is 24.5. The molecule has 2 aromatic heterocycles. The molecule has 0 saturated heterocycles. The predicted octanol–water partition coefficient (Wildman–Crippen LogP) is 3.74. The second kappa shape index (κ2) is 10.1. The largest absolute Gasteiger partial charge is 0.497 e. The van der Waals surface area contributed by atoms with Gasteiger partial charge in [0.25, 0.3) is 5.56 Å². The zero-order chi connectivity index (χ0) is 26.9. The highest BCUT2D eigenvalue weighted by Crippen LogP contribution is 2.38. The van der Waals surface area contributed by atoms with Gasteiger partial charge in [0.05, 0.1) is 33.4 Å². The Morgan fingerprint density at radius 2 is 1.72 bits per heavy atom. The average molecular weight is 525 g/mol. The fraction of sp³-hybridized carbons (Fsp3) is 0.241. The minimum absolute atomic E-state index is 0.219. The lowest BCUT2D eigenvalue weighted by Gasteiger charge is -2.29. The summed E-state index contributed by atoms with van der Waals surface area (Å²) in [6.07, 6.45) is 0.864. The quantitative estimate of drug-likeness (QED) is 0.327.